The van der Waals surface area contributed by atoms with Crippen molar-refractivity contribution in [3.8, 4) is 0 Å². The number of nitrogen functional groups attached to an aromatic ring is 1. The molecule has 1 aliphatic rings. The molecule has 0 aromatic carbocycles. The lowest BCUT2D eigenvalue weighted by atomic mass is 10.2. The summed E-state index contributed by atoms with van der Waals surface area (Å²) in [6.45, 7) is 6.85. The van der Waals surface area contributed by atoms with Gasteiger partial charge in [0.2, 0.25) is 0 Å². The van der Waals surface area contributed by atoms with Crippen LogP contribution >= 0.6 is 0 Å². The first-order valence-corrected chi connectivity index (χ1v) is 6.64. The van der Waals surface area contributed by atoms with Gasteiger partial charge in [0.15, 0.2) is 5.69 Å². The van der Waals surface area contributed by atoms with Crippen molar-refractivity contribution in [2.75, 3.05) is 12.0 Å². The van der Waals surface area contributed by atoms with Gasteiger partial charge in [-0.3, -0.25) is 10.6 Å². The summed E-state index contributed by atoms with van der Waals surface area (Å²) in [5.41, 5.74) is 3.23. The van der Waals surface area contributed by atoms with Gasteiger partial charge in [-0.25, -0.2) is 9.97 Å². The van der Waals surface area contributed by atoms with Gasteiger partial charge in [0, 0.05) is 12.5 Å². The van der Waals surface area contributed by atoms with E-state index in [1.165, 1.54) is 6.42 Å². The molecule has 1 fully saturated rings. The fraction of sp³-hybridized carbons (Fsp3) is 0.615. The molecule has 19 heavy (non-hydrogen) atoms. The molecule has 1 aliphatic carbocycles. The van der Waals surface area contributed by atoms with E-state index in [2.05, 4.69) is 27.6 Å². The Kier molecular flexibility index (Phi) is 3.99. The normalized spacial score (nSPS) is 21.3. The third-order valence-electron chi connectivity index (χ3n) is 3.50. The molecular formula is C13H21N5O. The van der Waals surface area contributed by atoms with Gasteiger partial charge in [0.1, 0.15) is 5.82 Å². The van der Waals surface area contributed by atoms with Crippen LogP contribution in [-0.4, -0.2) is 22.4 Å². The molecule has 0 aliphatic heterocycles. The molecule has 1 heterocycles. The minimum absolute atomic E-state index is 0.168. The van der Waals surface area contributed by atoms with E-state index in [1.54, 1.807) is 6.20 Å². The van der Waals surface area contributed by atoms with Gasteiger partial charge in [-0.05, 0) is 18.3 Å². The van der Waals surface area contributed by atoms with Gasteiger partial charge in [-0.15, -0.1) is 0 Å². The lowest BCUT2D eigenvalue weighted by Gasteiger charge is -2.11. The summed E-state index contributed by atoms with van der Waals surface area (Å²) in [5, 5.41) is 2.91. The minimum atomic E-state index is -0.198. The average molecular weight is 263 g/mol. The van der Waals surface area contributed by atoms with Gasteiger partial charge < -0.3 is 10.7 Å². The fourth-order valence-electron chi connectivity index (χ4n) is 1.94. The van der Waals surface area contributed by atoms with E-state index in [0.29, 0.717) is 35.6 Å². The van der Waals surface area contributed by atoms with E-state index >= 15 is 0 Å². The highest BCUT2D eigenvalue weighted by Gasteiger charge is 2.32. The van der Waals surface area contributed by atoms with Crippen molar-refractivity contribution in [1.29, 1.82) is 0 Å². The number of hydrogen-bond donors (Lipinski definition) is 3. The highest BCUT2D eigenvalue weighted by Crippen LogP contribution is 2.36. The van der Waals surface area contributed by atoms with Crippen molar-refractivity contribution in [1.82, 2.24) is 15.3 Å². The molecule has 1 amide bonds. The molecule has 0 bridgehead atoms. The third-order valence-corrected chi connectivity index (χ3v) is 3.50. The number of hydrogen-bond acceptors (Lipinski definition) is 5. The smallest absolute Gasteiger partial charge is 0.272 e. The zero-order valence-corrected chi connectivity index (χ0v) is 11.6. The van der Waals surface area contributed by atoms with Crippen LogP contribution in [0.25, 0.3) is 0 Å². The largest absolute Gasteiger partial charge is 0.350 e. The second kappa shape index (κ2) is 5.52. The number of rotatable bonds is 5. The quantitative estimate of drug-likeness (QED) is 0.549. The molecule has 2 unspecified atom stereocenters. The number of nitrogens with one attached hydrogen (secondary N) is 2. The maximum atomic E-state index is 12.1. The molecule has 2 rings (SSSR count). The SMILES string of the molecule is CC(C)c1ncc(NN)c(C(=O)NCC2CC2C)n1. The van der Waals surface area contributed by atoms with Crippen LogP contribution in [-0.2, 0) is 0 Å². The number of nitrogens with zero attached hydrogens (tertiary/aromatic N) is 2. The maximum Gasteiger partial charge on any atom is 0.272 e. The Morgan fingerprint density at radius 3 is 2.79 bits per heavy atom. The Balaban J connectivity index is 2.11. The lowest BCUT2D eigenvalue weighted by molar-refractivity contribution is 0.0946. The van der Waals surface area contributed by atoms with E-state index in [4.69, 9.17) is 5.84 Å². The summed E-state index contributed by atoms with van der Waals surface area (Å²) >= 11 is 0. The molecule has 6 heteroatoms. The summed E-state index contributed by atoms with van der Waals surface area (Å²) in [5.74, 6) is 7.32. The van der Waals surface area contributed by atoms with Gasteiger partial charge in [-0.1, -0.05) is 20.8 Å². The van der Waals surface area contributed by atoms with Crippen LogP contribution in [0.1, 0.15) is 49.4 Å². The Labute approximate surface area is 113 Å². The van der Waals surface area contributed by atoms with E-state index in [1.807, 2.05) is 13.8 Å². The topological polar surface area (TPSA) is 92.9 Å². The molecule has 2 atom stereocenters. The Bertz CT molecular complexity index is 474. The van der Waals surface area contributed by atoms with Gasteiger partial charge in [0.25, 0.3) is 5.91 Å². The standard InChI is InChI=1S/C13H21N5O/c1-7(2)12-15-6-10(18-14)11(17-12)13(19)16-5-9-4-8(9)3/h6-9,18H,4-5,14H2,1-3H3,(H,16,19). The van der Waals surface area contributed by atoms with Gasteiger partial charge in [0.05, 0.1) is 11.9 Å². The molecule has 1 aromatic heterocycles. The summed E-state index contributed by atoms with van der Waals surface area (Å²) in [7, 11) is 0. The van der Waals surface area contributed by atoms with Crippen LogP contribution in [0.2, 0.25) is 0 Å². The predicted octanol–water partition coefficient (Wildman–Crippen LogP) is 1.27. The molecule has 1 saturated carbocycles. The van der Waals surface area contributed by atoms with E-state index in [-0.39, 0.29) is 11.8 Å². The number of nitrogens with two attached hydrogens (primary N) is 1. The highest BCUT2D eigenvalue weighted by molar-refractivity contribution is 5.97. The van der Waals surface area contributed by atoms with E-state index in [9.17, 15) is 4.79 Å². The first-order valence-electron chi connectivity index (χ1n) is 6.64. The van der Waals surface area contributed by atoms with Crippen LogP contribution in [0, 0.1) is 11.8 Å². The molecule has 0 saturated heterocycles. The van der Waals surface area contributed by atoms with Crippen LogP contribution in [0.15, 0.2) is 6.20 Å². The number of carbonyl (C=O) groups excluding carboxylic acids is 1. The zero-order valence-electron chi connectivity index (χ0n) is 11.6. The number of amides is 1. The number of aromatic nitrogens is 2. The van der Waals surface area contributed by atoms with Crippen LogP contribution in [0.5, 0.6) is 0 Å². The number of carbonyl (C=O) groups is 1. The van der Waals surface area contributed by atoms with E-state index < -0.39 is 0 Å². The monoisotopic (exact) mass is 263 g/mol. The zero-order chi connectivity index (χ0) is 14.0. The summed E-state index contributed by atoms with van der Waals surface area (Å²) in [4.78, 5) is 20.6. The van der Waals surface area contributed by atoms with Crippen molar-refractivity contribution < 1.29 is 4.79 Å². The molecule has 6 nitrogen and oxygen atoms in total. The fourth-order valence-corrected chi connectivity index (χ4v) is 1.94. The summed E-state index contributed by atoms with van der Waals surface area (Å²) < 4.78 is 0. The maximum absolute atomic E-state index is 12.1. The molecule has 104 valence electrons. The van der Waals surface area contributed by atoms with Crippen molar-refractivity contribution in [2.45, 2.75) is 33.1 Å². The van der Waals surface area contributed by atoms with Gasteiger partial charge in [-0.2, -0.15) is 0 Å². The summed E-state index contributed by atoms with van der Waals surface area (Å²) in [6, 6.07) is 0. The number of hydrazine groups is 1. The Morgan fingerprint density at radius 2 is 2.26 bits per heavy atom. The van der Waals surface area contributed by atoms with Crippen LogP contribution < -0.4 is 16.6 Å². The third kappa shape index (κ3) is 3.20. The second-order valence-electron chi connectivity index (χ2n) is 5.47. The minimum Gasteiger partial charge on any atom is -0.350 e. The van der Waals surface area contributed by atoms with Gasteiger partial charge >= 0.3 is 0 Å². The molecule has 4 N–H and O–H groups in total. The summed E-state index contributed by atoms with van der Waals surface area (Å²) in [6.07, 6.45) is 2.74. The molecule has 0 radical (unpaired) electrons. The van der Waals surface area contributed by atoms with Crippen molar-refractivity contribution >= 4 is 11.6 Å². The second-order valence-corrected chi connectivity index (χ2v) is 5.47. The Hall–Kier alpha value is -1.69. The highest BCUT2D eigenvalue weighted by atomic mass is 16.1. The number of anilines is 1. The van der Waals surface area contributed by atoms with Crippen molar-refractivity contribution in [3.05, 3.63) is 17.7 Å². The van der Waals surface area contributed by atoms with Crippen molar-refractivity contribution in [2.24, 2.45) is 17.7 Å². The lowest BCUT2D eigenvalue weighted by Crippen LogP contribution is -2.29. The first-order chi connectivity index (χ1) is 9.02. The average Bonchev–Trinajstić information content (AvgIpc) is 3.11. The van der Waals surface area contributed by atoms with Crippen molar-refractivity contribution in [3.63, 3.8) is 0 Å². The molecular weight excluding hydrogens is 242 g/mol. The predicted molar refractivity (Wildman–Crippen MR) is 73.5 cm³/mol. The Morgan fingerprint density at radius 1 is 1.58 bits per heavy atom. The first kappa shape index (κ1) is 13.7. The van der Waals surface area contributed by atoms with E-state index in [0.717, 1.165) is 0 Å². The molecule has 1 aromatic rings. The molecule has 0 spiro atoms. The van der Waals surface area contributed by atoms with Crippen LogP contribution in [0.4, 0.5) is 5.69 Å². The van der Waals surface area contributed by atoms with Crippen LogP contribution in [0.3, 0.4) is 0 Å².